The Balaban J connectivity index is 1.70. The van der Waals surface area contributed by atoms with Gasteiger partial charge in [0.05, 0.1) is 28.4 Å². The summed E-state index contributed by atoms with van der Waals surface area (Å²) in [6, 6.07) is 20.8. The number of anilines is 1. The number of halogens is 1. The molecule has 0 radical (unpaired) electrons. The number of amides is 1. The van der Waals surface area contributed by atoms with Gasteiger partial charge in [-0.1, -0.05) is 69.7 Å². The molecule has 1 aliphatic rings. The number of aromatic nitrogens is 1. The zero-order chi connectivity index (χ0) is 23.8. The lowest BCUT2D eigenvalue weighted by Crippen LogP contribution is -2.29. The second-order valence-electron chi connectivity index (χ2n) is 7.65. The Labute approximate surface area is 208 Å². The van der Waals surface area contributed by atoms with Gasteiger partial charge >= 0.3 is 5.91 Å². The number of hydrogen-bond donors (Lipinski definition) is 1. The maximum atomic E-state index is 13.3. The first-order chi connectivity index (χ1) is 16.5. The topological polar surface area (TPSA) is 79.7 Å². The van der Waals surface area contributed by atoms with Gasteiger partial charge in [-0.05, 0) is 42.8 Å². The number of benzene rings is 3. The molecule has 1 N–H and O–H groups in total. The van der Waals surface area contributed by atoms with Crippen LogP contribution < -0.4 is 9.64 Å². The van der Waals surface area contributed by atoms with Gasteiger partial charge in [-0.15, -0.1) is 0 Å². The molecule has 1 amide bonds. The Morgan fingerprint density at radius 2 is 1.88 bits per heavy atom. The van der Waals surface area contributed by atoms with Gasteiger partial charge in [0.15, 0.2) is 5.13 Å². The highest BCUT2D eigenvalue weighted by atomic mass is 79.9. The molecule has 0 saturated carbocycles. The summed E-state index contributed by atoms with van der Waals surface area (Å²) in [5.41, 5.74) is 1.87. The van der Waals surface area contributed by atoms with E-state index in [0.29, 0.717) is 34.1 Å². The highest BCUT2D eigenvalue weighted by molar-refractivity contribution is 9.10. The van der Waals surface area contributed by atoms with E-state index in [2.05, 4.69) is 20.9 Å². The van der Waals surface area contributed by atoms with E-state index < -0.39 is 17.7 Å². The average molecular weight is 535 g/mol. The number of nitrogens with zero attached hydrogens (tertiary/aromatic N) is 2. The van der Waals surface area contributed by atoms with Crippen molar-refractivity contribution < 1.29 is 19.4 Å². The van der Waals surface area contributed by atoms with Crippen LogP contribution in [0.4, 0.5) is 5.13 Å². The molecule has 170 valence electrons. The molecule has 1 saturated heterocycles. The molecule has 1 aromatic heterocycles. The van der Waals surface area contributed by atoms with Crippen LogP contribution in [0.3, 0.4) is 0 Å². The summed E-state index contributed by atoms with van der Waals surface area (Å²) in [6.07, 6.45) is 0. The molecular formula is C26H19BrN2O4S. The molecule has 2 heterocycles. The number of thiazole rings is 1. The van der Waals surface area contributed by atoms with Gasteiger partial charge in [0.2, 0.25) is 0 Å². The fraction of sp³-hybridized carbons (Fsp3) is 0.115. The zero-order valence-electron chi connectivity index (χ0n) is 18.1. The van der Waals surface area contributed by atoms with Crippen molar-refractivity contribution in [1.29, 1.82) is 0 Å². The molecule has 0 unspecified atom stereocenters. The van der Waals surface area contributed by atoms with Crippen molar-refractivity contribution in [3.8, 4) is 5.75 Å². The molecule has 34 heavy (non-hydrogen) atoms. The maximum Gasteiger partial charge on any atom is 0.301 e. The van der Waals surface area contributed by atoms with Crippen LogP contribution in [0.2, 0.25) is 0 Å². The number of Topliss-reactive ketones (excluding diaryl/α,β-unsaturated/α-hetero) is 1. The van der Waals surface area contributed by atoms with E-state index in [1.54, 1.807) is 24.3 Å². The van der Waals surface area contributed by atoms with E-state index in [1.165, 1.54) is 16.2 Å². The van der Waals surface area contributed by atoms with Crippen molar-refractivity contribution >= 4 is 60.1 Å². The van der Waals surface area contributed by atoms with Gasteiger partial charge in [-0.25, -0.2) is 4.98 Å². The van der Waals surface area contributed by atoms with Gasteiger partial charge in [-0.3, -0.25) is 14.5 Å². The standard InChI is InChI=1S/C26H19BrN2O4S/c1-2-33-18-11-12-19-20(14-18)34-26(28-19)29-22(16-9-6-10-17(27)13-16)21(24(31)25(29)32)23(30)15-7-4-3-5-8-15/h3-14,22,30H,2H2,1H3/t22-/m1/s1. The van der Waals surface area contributed by atoms with Crippen LogP contribution in [0.1, 0.15) is 24.1 Å². The van der Waals surface area contributed by atoms with Crippen molar-refractivity contribution in [3.63, 3.8) is 0 Å². The summed E-state index contributed by atoms with van der Waals surface area (Å²) >= 11 is 4.77. The Hall–Kier alpha value is -3.49. The second kappa shape index (κ2) is 9.04. The molecule has 3 aromatic carbocycles. The first kappa shape index (κ1) is 22.3. The van der Waals surface area contributed by atoms with Crippen molar-refractivity contribution in [2.45, 2.75) is 13.0 Å². The normalized spacial score (nSPS) is 17.5. The van der Waals surface area contributed by atoms with Crippen LogP contribution >= 0.6 is 27.3 Å². The molecule has 1 fully saturated rings. The van der Waals surface area contributed by atoms with Crippen LogP contribution in [0.25, 0.3) is 16.0 Å². The van der Waals surface area contributed by atoms with Crippen LogP contribution in [-0.2, 0) is 9.59 Å². The third-order valence-corrected chi connectivity index (χ3v) is 7.03. The number of carbonyl (C=O) groups excluding carboxylic acids is 2. The van der Waals surface area contributed by atoms with Crippen molar-refractivity contribution in [2.24, 2.45) is 0 Å². The first-order valence-electron chi connectivity index (χ1n) is 10.6. The monoisotopic (exact) mass is 534 g/mol. The third kappa shape index (κ3) is 3.89. The summed E-state index contributed by atoms with van der Waals surface area (Å²) in [5.74, 6) is -0.988. The minimum Gasteiger partial charge on any atom is -0.507 e. The van der Waals surface area contributed by atoms with E-state index in [9.17, 15) is 14.7 Å². The summed E-state index contributed by atoms with van der Waals surface area (Å²) in [5, 5.41) is 11.5. The number of rotatable bonds is 5. The Bertz CT molecular complexity index is 1450. The summed E-state index contributed by atoms with van der Waals surface area (Å²) < 4.78 is 7.21. The van der Waals surface area contributed by atoms with E-state index in [1.807, 2.05) is 55.5 Å². The van der Waals surface area contributed by atoms with Gasteiger partial charge in [0.25, 0.3) is 5.78 Å². The van der Waals surface area contributed by atoms with Gasteiger partial charge < -0.3 is 9.84 Å². The summed E-state index contributed by atoms with van der Waals surface area (Å²) in [7, 11) is 0. The van der Waals surface area contributed by atoms with Crippen LogP contribution in [0, 0.1) is 0 Å². The smallest absolute Gasteiger partial charge is 0.301 e. The SMILES string of the molecule is CCOc1ccc2nc(N3C(=O)C(=O)C(=C(O)c4ccccc4)[C@H]3c3cccc(Br)c3)sc2c1. The summed E-state index contributed by atoms with van der Waals surface area (Å²) in [6.45, 7) is 2.45. The molecule has 8 heteroatoms. The average Bonchev–Trinajstić information content (AvgIpc) is 3.37. The number of fused-ring (bicyclic) bond motifs is 1. The quantitative estimate of drug-likeness (QED) is 0.190. The van der Waals surface area contributed by atoms with Crippen molar-refractivity contribution in [1.82, 2.24) is 4.98 Å². The first-order valence-corrected chi connectivity index (χ1v) is 12.2. The lowest BCUT2D eigenvalue weighted by molar-refractivity contribution is -0.132. The van der Waals surface area contributed by atoms with E-state index in [-0.39, 0.29) is 11.3 Å². The minimum absolute atomic E-state index is 0.0311. The second-order valence-corrected chi connectivity index (χ2v) is 9.57. The molecule has 0 aliphatic carbocycles. The predicted octanol–water partition coefficient (Wildman–Crippen LogP) is 6.08. The Morgan fingerprint density at radius 1 is 1.09 bits per heavy atom. The third-order valence-electron chi connectivity index (χ3n) is 5.52. The molecule has 4 aromatic rings. The predicted molar refractivity (Wildman–Crippen MR) is 136 cm³/mol. The molecule has 6 nitrogen and oxygen atoms in total. The molecule has 1 aliphatic heterocycles. The minimum atomic E-state index is -0.829. The Morgan fingerprint density at radius 3 is 2.62 bits per heavy atom. The van der Waals surface area contributed by atoms with Gasteiger partial charge in [0.1, 0.15) is 11.5 Å². The highest BCUT2D eigenvalue weighted by Crippen LogP contribution is 2.45. The lowest BCUT2D eigenvalue weighted by Gasteiger charge is -2.23. The van der Waals surface area contributed by atoms with E-state index >= 15 is 0 Å². The number of hydrogen-bond acceptors (Lipinski definition) is 6. The molecular weight excluding hydrogens is 516 g/mol. The Kier molecular flexibility index (Phi) is 5.93. The van der Waals surface area contributed by atoms with E-state index in [4.69, 9.17) is 4.74 Å². The fourth-order valence-corrected chi connectivity index (χ4v) is 5.46. The number of ketones is 1. The van der Waals surface area contributed by atoms with Crippen molar-refractivity contribution in [3.05, 3.63) is 94.0 Å². The van der Waals surface area contributed by atoms with E-state index in [0.717, 1.165) is 9.17 Å². The zero-order valence-corrected chi connectivity index (χ0v) is 20.5. The number of aliphatic hydroxyl groups is 1. The van der Waals surface area contributed by atoms with Crippen molar-refractivity contribution in [2.75, 3.05) is 11.5 Å². The number of ether oxygens (including phenoxy) is 1. The maximum absolute atomic E-state index is 13.3. The number of carbonyl (C=O) groups is 2. The van der Waals surface area contributed by atoms with Crippen LogP contribution in [0.5, 0.6) is 5.75 Å². The molecule has 0 bridgehead atoms. The molecule has 1 atom stereocenters. The lowest BCUT2D eigenvalue weighted by atomic mass is 9.95. The fourth-order valence-electron chi connectivity index (χ4n) is 4.03. The largest absolute Gasteiger partial charge is 0.507 e. The molecule has 0 spiro atoms. The van der Waals surface area contributed by atoms with Crippen LogP contribution in [-0.4, -0.2) is 28.4 Å². The summed E-state index contributed by atoms with van der Waals surface area (Å²) in [4.78, 5) is 32.6. The van der Waals surface area contributed by atoms with Gasteiger partial charge in [0, 0.05) is 10.0 Å². The van der Waals surface area contributed by atoms with Gasteiger partial charge in [-0.2, -0.15) is 0 Å². The number of aliphatic hydroxyl groups excluding tert-OH is 1. The van der Waals surface area contributed by atoms with Crippen LogP contribution in [0.15, 0.2) is 82.8 Å². The highest BCUT2D eigenvalue weighted by Gasteiger charge is 2.48. The molecule has 5 rings (SSSR count).